The lowest BCUT2D eigenvalue weighted by Gasteiger charge is -2.11. The fraction of sp³-hybridized carbons (Fsp3) is 0.318. The summed E-state index contributed by atoms with van der Waals surface area (Å²) < 4.78 is 4.74. The number of methoxy groups -OCH3 is 1. The molecule has 0 amide bonds. The first-order valence-electron chi connectivity index (χ1n) is 8.91. The van der Waals surface area contributed by atoms with Crippen LogP contribution in [-0.4, -0.2) is 43.7 Å². The second-order valence-corrected chi connectivity index (χ2v) is 6.56. The molecule has 0 heterocycles. The molecule has 2 aromatic carbocycles. The van der Waals surface area contributed by atoms with Gasteiger partial charge in [-0.25, -0.2) is 9.79 Å². The monoisotopic (exact) mass is 366 g/mol. The number of carbonyl (C=O) groups is 2. The van der Waals surface area contributed by atoms with Crippen LogP contribution < -0.4 is 0 Å². The Balaban J connectivity index is 2.23. The van der Waals surface area contributed by atoms with E-state index < -0.39 is 5.97 Å². The molecule has 0 N–H and O–H groups in total. The third kappa shape index (κ3) is 5.26. The van der Waals surface area contributed by atoms with Crippen LogP contribution in [0.5, 0.6) is 0 Å². The predicted molar refractivity (Wildman–Crippen MR) is 108 cm³/mol. The van der Waals surface area contributed by atoms with Crippen LogP contribution in [0.4, 0.5) is 5.69 Å². The smallest absolute Gasteiger partial charge is 0.337 e. The fourth-order valence-electron chi connectivity index (χ4n) is 2.69. The van der Waals surface area contributed by atoms with E-state index in [0.717, 1.165) is 28.9 Å². The first-order chi connectivity index (χ1) is 12.8. The Morgan fingerprint density at radius 3 is 2.56 bits per heavy atom. The number of nitrogens with zero attached hydrogens (tertiary/aromatic N) is 2. The number of aryl methyl sites for hydroxylation is 2. The summed E-state index contributed by atoms with van der Waals surface area (Å²) in [7, 11) is 3.31. The van der Waals surface area contributed by atoms with Gasteiger partial charge in [0.25, 0.3) is 0 Å². The Kier molecular flexibility index (Phi) is 6.88. The summed E-state index contributed by atoms with van der Waals surface area (Å²) in [5, 5.41) is 0. The highest BCUT2D eigenvalue weighted by Gasteiger charge is 2.14. The Hall–Kier alpha value is -2.95. The van der Waals surface area contributed by atoms with Gasteiger partial charge in [-0.3, -0.25) is 4.79 Å². The lowest BCUT2D eigenvalue weighted by atomic mass is 9.96. The molecule has 0 radical (unpaired) electrons. The molecule has 2 rings (SSSR count). The molecule has 2 aromatic rings. The molecule has 0 aromatic heterocycles. The molecule has 0 saturated heterocycles. The second kappa shape index (κ2) is 9.12. The first kappa shape index (κ1) is 20.4. The fourth-order valence-corrected chi connectivity index (χ4v) is 2.69. The van der Waals surface area contributed by atoms with E-state index in [0.29, 0.717) is 11.1 Å². The zero-order chi connectivity index (χ0) is 20.0. The molecule has 142 valence electrons. The largest absolute Gasteiger partial charge is 0.465 e. The lowest BCUT2D eigenvalue weighted by Crippen LogP contribution is -2.14. The highest BCUT2D eigenvalue weighted by molar-refractivity contribution is 6.00. The van der Waals surface area contributed by atoms with E-state index in [1.54, 1.807) is 24.5 Å². The molecule has 0 unspecified atom stereocenters. The van der Waals surface area contributed by atoms with Crippen LogP contribution in [-0.2, 0) is 11.2 Å². The number of hydrogen-bond acceptors (Lipinski definition) is 4. The molecule has 27 heavy (non-hydrogen) atoms. The van der Waals surface area contributed by atoms with E-state index in [2.05, 4.69) is 11.9 Å². The van der Waals surface area contributed by atoms with Crippen molar-refractivity contribution in [2.75, 3.05) is 20.7 Å². The van der Waals surface area contributed by atoms with Gasteiger partial charge >= 0.3 is 5.97 Å². The minimum atomic E-state index is -0.407. The molecular formula is C22H26N2O3. The molecule has 0 saturated carbocycles. The van der Waals surface area contributed by atoms with Crippen LogP contribution in [0.25, 0.3) is 0 Å². The van der Waals surface area contributed by atoms with E-state index in [1.165, 1.54) is 7.11 Å². The van der Waals surface area contributed by atoms with Crippen molar-refractivity contribution in [3.63, 3.8) is 0 Å². The molecule has 0 bridgehead atoms. The van der Waals surface area contributed by atoms with Crippen LogP contribution in [0.15, 0.2) is 41.4 Å². The van der Waals surface area contributed by atoms with Crippen LogP contribution >= 0.6 is 0 Å². The SMILES string of the molecule is CCN(C)C=Nc1cc(C)c(C(=O)Cc2cccc(C(=O)OC)c2)cc1C. The molecule has 0 spiro atoms. The minimum Gasteiger partial charge on any atom is -0.465 e. The summed E-state index contributed by atoms with van der Waals surface area (Å²) in [5.41, 5.74) is 4.61. The molecule has 0 aliphatic heterocycles. The van der Waals surface area contributed by atoms with E-state index in [4.69, 9.17) is 4.74 Å². The lowest BCUT2D eigenvalue weighted by molar-refractivity contribution is 0.0600. The third-order valence-corrected chi connectivity index (χ3v) is 4.45. The van der Waals surface area contributed by atoms with Crippen molar-refractivity contribution < 1.29 is 14.3 Å². The van der Waals surface area contributed by atoms with Gasteiger partial charge in [-0.15, -0.1) is 0 Å². The Morgan fingerprint density at radius 2 is 1.89 bits per heavy atom. The minimum absolute atomic E-state index is 0.0128. The third-order valence-electron chi connectivity index (χ3n) is 4.45. The van der Waals surface area contributed by atoms with Crippen molar-refractivity contribution >= 4 is 23.8 Å². The number of carbonyl (C=O) groups excluding carboxylic acids is 2. The molecule has 0 atom stereocenters. The normalized spacial score (nSPS) is 10.9. The van der Waals surface area contributed by atoms with Crippen molar-refractivity contribution in [3.05, 3.63) is 64.2 Å². The number of aliphatic imine (C=N–C) groups is 1. The van der Waals surface area contributed by atoms with Crippen molar-refractivity contribution in [2.45, 2.75) is 27.2 Å². The first-order valence-corrected chi connectivity index (χ1v) is 8.91. The second-order valence-electron chi connectivity index (χ2n) is 6.56. The number of esters is 1. The number of Topliss-reactive ketones (excluding diaryl/α,β-unsaturated/α-hetero) is 1. The number of ketones is 1. The highest BCUT2D eigenvalue weighted by Crippen LogP contribution is 2.24. The van der Waals surface area contributed by atoms with E-state index in [1.807, 2.05) is 44.0 Å². The van der Waals surface area contributed by atoms with Gasteiger partial charge in [0, 0.05) is 25.6 Å². The van der Waals surface area contributed by atoms with Gasteiger partial charge in [0.05, 0.1) is 24.7 Å². The average molecular weight is 366 g/mol. The van der Waals surface area contributed by atoms with E-state index >= 15 is 0 Å². The van der Waals surface area contributed by atoms with Crippen LogP contribution in [0.3, 0.4) is 0 Å². The Labute approximate surface area is 160 Å². The van der Waals surface area contributed by atoms with Crippen molar-refractivity contribution in [3.8, 4) is 0 Å². The molecule has 5 nitrogen and oxygen atoms in total. The zero-order valence-corrected chi connectivity index (χ0v) is 16.6. The topological polar surface area (TPSA) is 59.0 Å². The Morgan fingerprint density at radius 1 is 1.15 bits per heavy atom. The molecular weight excluding hydrogens is 340 g/mol. The van der Waals surface area contributed by atoms with Gasteiger partial charge in [-0.1, -0.05) is 12.1 Å². The summed E-state index contributed by atoms with van der Waals surface area (Å²) in [5.74, 6) is -0.394. The summed E-state index contributed by atoms with van der Waals surface area (Å²) in [6.07, 6.45) is 2.02. The van der Waals surface area contributed by atoms with Gasteiger partial charge in [-0.05, 0) is 61.7 Å². The van der Waals surface area contributed by atoms with Crippen molar-refractivity contribution in [1.29, 1.82) is 0 Å². The maximum Gasteiger partial charge on any atom is 0.337 e. The number of rotatable bonds is 7. The number of benzene rings is 2. The van der Waals surface area contributed by atoms with Crippen LogP contribution in [0, 0.1) is 13.8 Å². The predicted octanol–water partition coefficient (Wildman–Crippen LogP) is 4.13. The molecule has 5 heteroatoms. The molecule has 0 aliphatic rings. The highest BCUT2D eigenvalue weighted by atomic mass is 16.5. The summed E-state index contributed by atoms with van der Waals surface area (Å²) >= 11 is 0. The Bertz CT molecular complexity index is 872. The average Bonchev–Trinajstić information content (AvgIpc) is 2.67. The van der Waals surface area contributed by atoms with E-state index in [9.17, 15) is 9.59 Å². The summed E-state index contributed by atoms with van der Waals surface area (Å²) in [6.45, 7) is 6.80. The molecule has 0 fully saturated rings. The zero-order valence-electron chi connectivity index (χ0n) is 16.6. The maximum absolute atomic E-state index is 12.8. The standard InChI is InChI=1S/C22H26N2O3/c1-6-24(4)14-23-20-11-15(2)19(10-16(20)3)21(25)13-17-8-7-9-18(12-17)22(26)27-5/h7-12,14H,6,13H2,1-5H3. The maximum atomic E-state index is 12.8. The van der Waals surface area contributed by atoms with Crippen LogP contribution in [0.1, 0.15) is 44.3 Å². The number of hydrogen-bond donors (Lipinski definition) is 0. The van der Waals surface area contributed by atoms with Gasteiger partial charge in [0.15, 0.2) is 5.78 Å². The van der Waals surface area contributed by atoms with E-state index in [-0.39, 0.29) is 12.2 Å². The van der Waals surface area contributed by atoms with Gasteiger partial charge in [0.1, 0.15) is 0 Å². The van der Waals surface area contributed by atoms with Gasteiger partial charge in [-0.2, -0.15) is 0 Å². The van der Waals surface area contributed by atoms with Gasteiger partial charge < -0.3 is 9.64 Å². The quantitative estimate of drug-likeness (QED) is 0.320. The van der Waals surface area contributed by atoms with Crippen molar-refractivity contribution in [2.24, 2.45) is 4.99 Å². The van der Waals surface area contributed by atoms with Crippen LogP contribution in [0.2, 0.25) is 0 Å². The van der Waals surface area contributed by atoms with Gasteiger partial charge in [0.2, 0.25) is 0 Å². The van der Waals surface area contributed by atoms with Crippen molar-refractivity contribution in [1.82, 2.24) is 4.90 Å². The molecule has 0 aliphatic carbocycles. The number of ether oxygens (including phenoxy) is 1. The summed E-state index contributed by atoms with van der Waals surface area (Å²) in [4.78, 5) is 31.0. The summed E-state index contributed by atoms with van der Waals surface area (Å²) in [6, 6.07) is 10.8.